The van der Waals surface area contributed by atoms with Crippen LogP contribution in [0, 0.1) is 18.3 Å². The number of hydrogen-bond acceptors (Lipinski definition) is 4. The van der Waals surface area contributed by atoms with Crippen LogP contribution in [0.25, 0.3) is 0 Å². The van der Waals surface area contributed by atoms with Gasteiger partial charge in [0.1, 0.15) is 11.1 Å². The van der Waals surface area contributed by atoms with Gasteiger partial charge in [-0.2, -0.15) is 0 Å². The first-order valence-electron chi connectivity index (χ1n) is 11.1. The van der Waals surface area contributed by atoms with Gasteiger partial charge in [0.15, 0.2) is 0 Å². The summed E-state index contributed by atoms with van der Waals surface area (Å²) in [5.41, 5.74) is -1.68. The number of terminal acetylenes is 1. The van der Waals surface area contributed by atoms with Crippen molar-refractivity contribution in [2.75, 3.05) is 26.2 Å². The van der Waals surface area contributed by atoms with Gasteiger partial charge in [0.05, 0.1) is 0 Å². The average Bonchev–Trinajstić information content (AvgIpc) is 3.10. The van der Waals surface area contributed by atoms with Crippen molar-refractivity contribution in [2.24, 2.45) is 5.92 Å². The number of amides is 3. The number of piperidine rings is 1. The van der Waals surface area contributed by atoms with Gasteiger partial charge in [-0.05, 0) is 58.8 Å². The molecule has 0 radical (unpaired) electrons. The van der Waals surface area contributed by atoms with E-state index in [1.54, 1.807) is 4.90 Å². The second-order valence-electron chi connectivity index (χ2n) is 9.46. The van der Waals surface area contributed by atoms with E-state index in [2.05, 4.69) is 11.2 Å². The fourth-order valence-corrected chi connectivity index (χ4v) is 4.40. The van der Waals surface area contributed by atoms with Crippen LogP contribution in [0.15, 0.2) is 0 Å². The molecule has 0 bridgehead atoms. The van der Waals surface area contributed by atoms with Crippen molar-refractivity contribution in [3.8, 4) is 12.3 Å². The van der Waals surface area contributed by atoms with Crippen LogP contribution in [0.4, 0.5) is 4.79 Å². The third-order valence-electron chi connectivity index (χ3n) is 5.77. The van der Waals surface area contributed by atoms with Gasteiger partial charge >= 0.3 is 6.09 Å². The average molecular weight is 420 g/mol. The fourth-order valence-electron chi connectivity index (χ4n) is 4.40. The molecule has 0 saturated carbocycles. The van der Waals surface area contributed by atoms with E-state index in [1.165, 1.54) is 0 Å². The van der Waals surface area contributed by atoms with Crippen molar-refractivity contribution in [3.63, 3.8) is 0 Å². The van der Waals surface area contributed by atoms with Crippen molar-refractivity contribution < 1.29 is 19.1 Å². The monoisotopic (exact) mass is 419 g/mol. The Hall–Kier alpha value is -2.23. The third-order valence-corrected chi connectivity index (χ3v) is 5.77. The number of carbonyl (C=O) groups excluding carboxylic acids is 3. The molecule has 2 aliphatic rings. The highest BCUT2D eigenvalue weighted by Gasteiger charge is 2.52. The normalized spacial score (nSPS) is 24.3. The zero-order chi connectivity index (χ0) is 22.4. The summed E-state index contributed by atoms with van der Waals surface area (Å²) in [6.07, 6.45) is 9.78. The zero-order valence-electron chi connectivity index (χ0n) is 19.0. The summed E-state index contributed by atoms with van der Waals surface area (Å²) < 4.78 is 5.57. The van der Waals surface area contributed by atoms with Gasteiger partial charge in [-0.1, -0.05) is 6.92 Å². The Balaban J connectivity index is 2.12. The van der Waals surface area contributed by atoms with E-state index in [-0.39, 0.29) is 24.2 Å². The lowest BCUT2D eigenvalue weighted by atomic mass is 9.88. The molecule has 168 valence electrons. The Kier molecular flexibility index (Phi) is 8.17. The van der Waals surface area contributed by atoms with Crippen LogP contribution in [0.1, 0.15) is 72.6 Å². The number of hydrogen-bond donors (Lipinski definition) is 1. The summed E-state index contributed by atoms with van der Waals surface area (Å²) >= 11 is 0. The van der Waals surface area contributed by atoms with Crippen molar-refractivity contribution in [2.45, 2.75) is 83.8 Å². The van der Waals surface area contributed by atoms with Crippen LogP contribution in [-0.2, 0) is 14.3 Å². The zero-order valence-corrected chi connectivity index (χ0v) is 19.0. The van der Waals surface area contributed by atoms with Gasteiger partial charge in [-0.15, -0.1) is 12.3 Å². The molecule has 0 aromatic carbocycles. The number of ether oxygens (including phenoxy) is 1. The third kappa shape index (κ3) is 5.90. The first kappa shape index (κ1) is 24.0. The SMILES string of the molecule is C#CCC1(C(=O)N2CCCC(CNC(=O)CCC)C2)CCCN1C(=O)OC(C)(C)C. The van der Waals surface area contributed by atoms with Crippen LogP contribution in [0.5, 0.6) is 0 Å². The molecule has 2 saturated heterocycles. The molecule has 2 unspecified atom stereocenters. The summed E-state index contributed by atoms with van der Waals surface area (Å²) in [6, 6.07) is 0. The van der Waals surface area contributed by atoms with E-state index in [0.29, 0.717) is 39.0 Å². The highest BCUT2D eigenvalue weighted by atomic mass is 16.6. The molecule has 3 amide bonds. The maximum atomic E-state index is 13.7. The molecule has 0 spiro atoms. The Morgan fingerprint density at radius 3 is 2.60 bits per heavy atom. The molecule has 30 heavy (non-hydrogen) atoms. The van der Waals surface area contributed by atoms with Crippen LogP contribution in [0.3, 0.4) is 0 Å². The summed E-state index contributed by atoms with van der Waals surface area (Å²) in [6.45, 7) is 9.67. The Bertz CT molecular complexity index is 679. The number of carbonyl (C=O) groups is 3. The quantitative estimate of drug-likeness (QED) is 0.672. The Labute approximate surface area is 180 Å². The second kappa shape index (κ2) is 10.2. The van der Waals surface area contributed by atoms with E-state index in [0.717, 1.165) is 25.7 Å². The van der Waals surface area contributed by atoms with Gasteiger partial charge in [0, 0.05) is 39.0 Å². The molecule has 2 aliphatic heterocycles. The van der Waals surface area contributed by atoms with Crippen LogP contribution < -0.4 is 5.32 Å². The minimum absolute atomic E-state index is 0.0524. The molecular formula is C23H37N3O4. The largest absolute Gasteiger partial charge is 0.444 e. The minimum Gasteiger partial charge on any atom is -0.444 e. The lowest BCUT2D eigenvalue weighted by Crippen LogP contribution is -2.60. The van der Waals surface area contributed by atoms with E-state index in [4.69, 9.17) is 11.2 Å². The topological polar surface area (TPSA) is 79.0 Å². The smallest absolute Gasteiger partial charge is 0.411 e. The van der Waals surface area contributed by atoms with E-state index >= 15 is 0 Å². The van der Waals surface area contributed by atoms with Crippen molar-refractivity contribution in [3.05, 3.63) is 0 Å². The van der Waals surface area contributed by atoms with E-state index < -0.39 is 17.2 Å². The van der Waals surface area contributed by atoms with Crippen LogP contribution in [0.2, 0.25) is 0 Å². The highest BCUT2D eigenvalue weighted by Crippen LogP contribution is 2.36. The first-order chi connectivity index (χ1) is 14.1. The molecule has 2 heterocycles. The number of rotatable bonds is 6. The van der Waals surface area contributed by atoms with Crippen molar-refractivity contribution >= 4 is 17.9 Å². The van der Waals surface area contributed by atoms with Gasteiger partial charge < -0.3 is 15.0 Å². The molecule has 7 nitrogen and oxygen atoms in total. The molecule has 2 atom stereocenters. The summed E-state index contributed by atoms with van der Waals surface area (Å²) in [5, 5.41) is 2.98. The van der Waals surface area contributed by atoms with Gasteiger partial charge in [0.2, 0.25) is 11.8 Å². The van der Waals surface area contributed by atoms with Gasteiger partial charge in [0.25, 0.3) is 0 Å². The number of likely N-dealkylation sites (tertiary alicyclic amines) is 2. The summed E-state index contributed by atoms with van der Waals surface area (Å²) in [5.74, 6) is 2.80. The minimum atomic E-state index is -1.04. The lowest BCUT2D eigenvalue weighted by Gasteiger charge is -2.42. The Morgan fingerprint density at radius 2 is 1.97 bits per heavy atom. The maximum Gasteiger partial charge on any atom is 0.411 e. The molecule has 0 aliphatic carbocycles. The predicted molar refractivity (Wildman–Crippen MR) is 116 cm³/mol. The van der Waals surface area contributed by atoms with Gasteiger partial charge in [-0.25, -0.2) is 4.79 Å². The molecule has 0 aromatic heterocycles. The first-order valence-corrected chi connectivity index (χ1v) is 11.1. The second-order valence-corrected chi connectivity index (χ2v) is 9.46. The fraction of sp³-hybridized carbons (Fsp3) is 0.783. The maximum absolute atomic E-state index is 13.7. The van der Waals surface area contributed by atoms with Gasteiger partial charge in [-0.3, -0.25) is 14.5 Å². The predicted octanol–water partition coefficient (Wildman–Crippen LogP) is 2.93. The summed E-state index contributed by atoms with van der Waals surface area (Å²) in [4.78, 5) is 41.7. The highest BCUT2D eigenvalue weighted by molar-refractivity contribution is 5.91. The molecule has 2 rings (SSSR count). The standard InChI is InChI=1S/C23H37N3O4/c1-6-10-19(27)24-16-18-11-8-14-25(17-18)20(28)23(12-7-2)13-9-15-26(23)21(29)30-22(3,4)5/h2,18H,6,8-17H2,1,3-5H3,(H,24,27). The molecular weight excluding hydrogens is 382 g/mol. The van der Waals surface area contributed by atoms with Crippen LogP contribution in [-0.4, -0.2) is 65.0 Å². The lowest BCUT2D eigenvalue weighted by molar-refractivity contribution is -0.144. The number of nitrogens with zero attached hydrogens (tertiary/aromatic N) is 2. The molecule has 0 aromatic rings. The summed E-state index contributed by atoms with van der Waals surface area (Å²) in [7, 11) is 0. The van der Waals surface area contributed by atoms with Crippen LogP contribution >= 0.6 is 0 Å². The van der Waals surface area contributed by atoms with Crippen molar-refractivity contribution in [1.29, 1.82) is 0 Å². The molecule has 1 N–H and O–H groups in total. The molecule has 2 fully saturated rings. The van der Waals surface area contributed by atoms with Crippen molar-refractivity contribution in [1.82, 2.24) is 15.1 Å². The number of nitrogens with one attached hydrogen (secondary N) is 1. The van der Waals surface area contributed by atoms with E-state index in [1.807, 2.05) is 32.6 Å². The van der Waals surface area contributed by atoms with E-state index in [9.17, 15) is 14.4 Å². The Morgan fingerprint density at radius 1 is 1.23 bits per heavy atom. The molecule has 7 heteroatoms.